The standard InChI is InChI=1S/C17H13N3O2S2/c1-11-4-6-13(7-5-11)15(21)19-20-16(22)14(24-17(20)23)9-12-3-2-8-18-10-12/h2-10H,1H3,(H,19,21)/b14-9-. The van der Waals surface area contributed by atoms with Crippen LogP contribution >= 0.6 is 24.0 Å². The Labute approximate surface area is 148 Å². The van der Waals surface area contributed by atoms with E-state index in [1.54, 1.807) is 36.7 Å². The Bertz CT molecular complexity index is 833. The second kappa shape index (κ2) is 6.94. The van der Waals surface area contributed by atoms with Crippen LogP contribution in [0.1, 0.15) is 21.5 Å². The van der Waals surface area contributed by atoms with Crippen LogP contribution < -0.4 is 5.43 Å². The number of nitrogens with zero attached hydrogens (tertiary/aromatic N) is 2. The molecular weight excluding hydrogens is 342 g/mol. The molecule has 1 aromatic heterocycles. The highest BCUT2D eigenvalue weighted by Gasteiger charge is 2.33. The first-order chi connectivity index (χ1) is 11.5. The molecule has 0 radical (unpaired) electrons. The van der Waals surface area contributed by atoms with Gasteiger partial charge in [-0.1, -0.05) is 35.5 Å². The second-order valence-corrected chi connectivity index (χ2v) is 6.79. The van der Waals surface area contributed by atoms with Crippen LogP contribution in [0.25, 0.3) is 6.08 Å². The monoisotopic (exact) mass is 355 g/mol. The molecule has 2 aromatic rings. The van der Waals surface area contributed by atoms with Gasteiger partial charge in [-0.15, -0.1) is 0 Å². The van der Waals surface area contributed by atoms with Gasteiger partial charge in [0, 0.05) is 18.0 Å². The quantitative estimate of drug-likeness (QED) is 0.677. The Morgan fingerprint density at radius 1 is 1.29 bits per heavy atom. The maximum Gasteiger partial charge on any atom is 0.285 e. The molecular formula is C17H13N3O2S2. The van der Waals surface area contributed by atoms with Gasteiger partial charge in [-0.3, -0.25) is 20.0 Å². The number of aryl methyl sites for hydroxylation is 1. The van der Waals surface area contributed by atoms with Gasteiger partial charge in [0.25, 0.3) is 11.8 Å². The van der Waals surface area contributed by atoms with Gasteiger partial charge in [-0.25, -0.2) is 0 Å². The summed E-state index contributed by atoms with van der Waals surface area (Å²) in [6.45, 7) is 1.94. The average molecular weight is 355 g/mol. The first kappa shape index (κ1) is 16.4. The summed E-state index contributed by atoms with van der Waals surface area (Å²) in [6, 6.07) is 10.7. The molecule has 2 heterocycles. The lowest BCUT2D eigenvalue weighted by Gasteiger charge is -2.15. The van der Waals surface area contributed by atoms with Crippen molar-refractivity contribution in [1.82, 2.24) is 15.4 Å². The molecule has 1 aliphatic rings. The number of aromatic nitrogens is 1. The molecule has 0 spiro atoms. The predicted octanol–water partition coefficient (Wildman–Crippen LogP) is 2.94. The van der Waals surface area contributed by atoms with Crippen LogP contribution in [0, 0.1) is 6.92 Å². The number of nitrogens with one attached hydrogen (secondary N) is 1. The number of amides is 2. The van der Waals surface area contributed by atoms with E-state index in [0.717, 1.165) is 27.9 Å². The van der Waals surface area contributed by atoms with E-state index in [-0.39, 0.29) is 16.1 Å². The van der Waals surface area contributed by atoms with E-state index < -0.39 is 0 Å². The van der Waals surface area contributed by atoms with Crippen LogP contribution in [0.4, 0.5) is 0 Å². The van der Waals surface area contributed by atoms with E-state index in [0.29, 0.717) is 10.5 Å². The summed E-state index contributed by atoms with van der Waals surface area (Å²) in [5.74, 6) is -0.733. The summed E-state index contributed by atoms with van der Waals surface area (Å²) in [6.07, 6.45) is 5.01. The van der Waals surface area contributed by atoms with Crippen molar-refractivity contribution in [3.05, 3.63) is 70.4 Å². The molecule has 1 aliphatic heterocycles. The number of pyridine rings is 1. The van der Waals surface area contributed by atoms with Crippen molar-refractivity contribution >= 4 is 46.2 Å². The van der Waals surface area contributed by atoms with Gasteiger partial charge < -0.3 is 0 Å². The Morgan fingerprint density at radius 3 is 2.71 bits per heavy atom. The summed E-state index contributed by atoms with van der Waals surface area (Å²) in [5.41, 5.74) is 4.87. The van der Waals surface area contributed by atoms with Gasteiger partial charge in [0.05, 0.1) is 4.91 Å². The molecule has 1 N–H and O–H groups in total. The first-order valence-electron chi connectivity index (χ1n) is 7.10. The summed E-state index contributed by atoms with van der Waals surface area (Å²) >= 11 is 6.34. The normalized spacial score (nSPS) is 15.9. The summed E-state index contributed by atoms with van der Waals surface area (Å²) < 4.78 is 0.288. The van der Waals surface area contributed by atoms with Crippen molar-refractivity contribution in [3.8, 4) is 0 Å². The maximum atomic E-state index is 12.5. The molecule has 7 heteroatoms. The molecule has 2 amide bonds. The Morgan fingerprint density at radius 2 is 2.04 bits per heavy atom. The molecule has 1 saturated heterocycles. The number of rotatable bonds is 3. The fourth-order valence-electron chi connectivity index (χ4n) is 2.05. The van der Waals surface area contributed by atoms with Crippen LogP contribution in [0.2, 0.25) is 0 Å². The van der Waals surface area contributed by atoms with Crippen molar-refractivity contribution in [3.63, 3.8) is 0 Å². The van der Waals surface area contributed by atoms with Crippen molar-refractivity contribution in [1.29, 1.82) is 0 Å². The van der Waals surface area contributed by atoms with Crippen LogP contribution in [0.15, 0.2) is 53.7 Å². The van der Waals surface area contributed by atoms with E-state index in [2.05, 4.69) is 10.4 Å². The van der Waals surface area contributed by atoms with E-state index in [9.17, 15) is 9.59 Å². The molecule has 24 heavy (non-hydrogen) atoms. The Balaban J connectivity index is 1.76. The minimum Gasteiger partial charge on any atom is -0.267 e. The Kier molecular flexibility index (Phi) is 4.73. The van der Waals surface area contributed by atoms with E-state index in [1.807, 2.05) is 25.1 Å². The van der Waals surface area contributed by atoms with Gasteiger partial charge >= 0.3 is 0 Å². The molecule has 1 aromatic carbocycles. The molecule has 0 bridgehead atoms. The minimum absolute atomic E-state index is 0.288. The summed E-state index contributed by atoms with van der Waals surface area (Å²) in [7, 11) is 0. The highest BCUT2D eigenvalue weighted by molar-refractivity contribution is 8.26. The molecule has 1 fully saturated rings. The van der Waals surface area contributed by atoms with Crippen LogP contribution in [-0.2, 0) is 4.79 Å². The second-order valence-electron chi connectivity index (χ2n) is 5.11. The third-order valence-electron chi connectivity index (χ3n) is 3.30. The van der Waals surface area contributed by atoms with Crippen LogP contribution in [-0.4, -0.2) is 26.1 Å². The lowest BCUT2D eigenvalue weighted by Crippen LogP contribution is -2.44. The lowest BCUT2D eigenvalue weighted by atomic mass is 10.1. The average Bonchev–Trinajstić information content (AvgIpc) is 2.84. The van der Waals surface area contributed by atoms with E-state index >= 15 is 0 Å². The van der Waals surface area contributed by atoms with E-state index in [4.69, 9.17) is 12.2 Å². The number of thioether (sulfide) groups is 1. The van der Waals surface area contributed by atoms with Crippen molar-refractivity contribution < 1.29 is 9.59 Å². The van der Waals surface area contributed by atoms with Crippen molar-refractivity contribution in [2.45, 2.75) is 6.92 Å². The predicted molar refractivity (Wildman–Crippen MR) is 97.9 cm³/mol. The maximum absolute atomic E-state index is 12.5. The topological polar surface area (TPSA) is 62.3 Å². The number of hydrogen-bond donors (Lipinski definition) is 1. The number of benzene rings is 1. The van der Waals surface area contributed by atoms with Crippen molar-refractivity contribution in [2.24, 2.45) is 0 Å². The zero-order valence-corrected chi connectivity index (χ0v) is 14.4. The Hall–Kier alpha value is -2.51. The molecule has 0 aliphatic carbocycles. The fourth-order valence-corrected chi connectivity index (χ4v) is 3.23. The third kappa shape index (κ3) is 3.52. The summed E-state index contributed by atoms with van der Waals surface area (Å²) in [4.78, 5) is 29.2. The molecule has 5 nitrogen and oxygen atoms in total. The minimum atomic E-state index is -0.381. The van der Waals surface area contributed by atoms with Gasteiger partial charge in [0.2, 0.25) is 0 Å². The zero-order valence-electron chi connectivity index (χ0n) is 12.7. The smallest absolute Gasteiger partial charge is 0.267 e. The first-order valence-corrected chi connectivity index (χ1v) is 8.33. The van der Waals surface area contributed by atoms with Gasteiger partial charge in [-0.2, -0.15) is 5.01 Å². The SMILES string of the molecule is Cc1ccc(C(=O)NN2C(=O)/C(=C/c3cccnc3)SC2=S)cc1. The number of carbonyl (C=O) groups is 2. The number of thiocarbonyl (C=S) groups is 1. The summed E-state index contributed by atoms with van der Waals surface area (Å²) in [5, 5.41) is 1.10. The zero-order chi connectivity index (χ0) is 17.1. The van der Waals surface area contributed by atoms with Crippen molar-refractivity contribution in [2.75, 3.05) is 0 Å². The highest BCUT2D eigenvalue weighted by atomic mass is 32.2. The van der Waals surface area contributed by atoms with Gasteiger partial charge in [-0.05, 0) is 49.0 Å². The number of carbonyl (C=O) groups excluding carboxylic acids is 2. The number of hydrazine groups is 1. The van der Waals surface area contributed by atoms with Crippen LogP contribution in [0.3, 0.4) is 0 Å². The molecule has 0 saturated carbocycles. The van der Waals surface area contributed by atoms with Gasteiger partial charge in [0.1, 0.15) is 0 Å². The molecule has 0 atom stereocenters. The molecule has 120 valence electrons. The third-order valence-corrected chi connectivity index (χ3v) is 4.61. The lowest BCUT2D eigenvalue weighted by molar-refractivity contribution is -0.123. The van der Waals surface area contributed by atoms with Gasteiger partial charge in [0.15, 0.2) is 4.32 Å². The fraction of sp³-hybridized carbons (Fsp3) is 0.0588. The largest absolute Gasteiger partial charge is 0.285 e. The molecule has 0 unspecified atom stereocenters. The van der Waals surface area contributed by atoms with E-state index in [1.165, 1.54) is 0 Å². The molecule has 3 rings (SSSR count). The number of hydrogen-bond acceptors (Lipinski definition) is 5. The van der Waals surface area contributed by atoms with Crippen LogP contribution in [0.5, 0.6) is 0 Å². The highest BCUT2D eigenvalue weighted by Crippen LogP contribution is 2.31.